The Morgan fingerprint density at radius 1 is 1.14 bits per heavy atom. The normalized spacial score (nSPS) is 14.7. The minimum absolute atomic E-state index is 0.116. The highest BCUT2D eigenvalue weighted by Crippen LogP contribution is 2.27. The Morgan fingerprint density at radius 3 is 2.48 bits per heavy atom. The standard InChI is InChI=1S/C21H25ClN2O4S/c1-28-20-10-9-19(29(26,27)24-12-2-3-13-24)14-17(20)6-11-21(25)23-15-16-4-7-18(22)8-5-16/h4-5,7-10,14H,2-3,6,11-13,15H2,1H3,(H,23,25). The van der Waals surface area contributed by atoms with E-state index >= 15 is 0 Å². The van der Waals surface area contributed by atoms with E-state index in [9.17, 15) is 13.2 Å². The van der Waals surface area contributed by atoms with Gasteiger partial charge in [-0.2, -0.15) is 4.31 Å². The molecule has 1 aliphatic rings. The maximum atomic E-state index is 12.8. The van der Waals surface area contributed by atoms with Crippen molar-refractivity contribution in [3.05, 3.63) is 58.6 Å². The lowest BCUT2D eigenvalue weighted by Crippen LogP contribution is -2.28. The highest BCUT2D eigenvalue weighted by atomic mass is 35.5. The number of carbonyl (C=O) groups is 1. The van der Waals surface area contributed by atoms with Crippen LogP contribution in [0.2, 0.25) is 5.02 Å². The first kappa shape index (κ1) is 21.6. The number of nitrogens with one attached hydrogen (secondary N) is 1. The van der Waals surface area contributed by atoms with Gasteiger partial charge in [-0.25, -0.2) is 8.42 Å². The second kappa shape index (κ2) is 9.61. The Balaban J connectivity index is 1.64. The van der Waals surface area contributed by atoms with Crippen LogP contribution in [0, 0.1) is 0 Å². The molecule has 3 rings (SSSR count). The third-order valence-electron chi connectivity index (χ3n) is 4.98. The summed E-state index contributed by atoms with van der Waals surface area (Å²) in [6.07, 6.45) is 2.39. The molecule has 1 saturated heterocycles. The zero-order valence-corrected chi connectivity index (χ0v) is 17.9. The molecule has 1 N–H and O–H groups in total. The Bertz CT molecular complexity index is 955. The fourth-order valence-electron chi connectivity index (χ4n) is 3.33. The number of methoxy groups -OCH3 is 1. The molecule has 0 saturated carbocycles. The van der Waals surface area contributed by atoms with Crippen LogP contribution >= 0.6 is 11.6 Å². The molecule has 29 heavy (non-hydrogen) atoms. The topological polar surface area (TPSA) is 75.7 Å². The van der Waals surface area contributed by atoms with Crippen molar-refractivity contribution < 1.29 is 17.9 Å². The van der Waals surface area contributed by atoms with Gasteiger partial charge in [0.15, 0.2) is 0 Å². The lowest BCUT2D eigenvalue weighted by molar-refractivity contribution is -0.121. The van der Waals surface area contributed by atoms with Crippen molar-refractivity contribution in [3.8, 4) is 5.75 Å². The van der Waals surface area contributed by atoms with Gasteiger partial charge in [-0.3, -0.25) is 4.79 Å². The van der Waals surface area contributed by atoms with Gasteiger partial charge >= 0.3 is 0 Å². The van der Waals surface area contributed by atoms with Gasteiger partial charge in [0.25, 0.3) is 0 Å². The van der Waals surface area contributed by atoms with Crippen molar-refractivity contribution in [3.63, 3.8) is 0 Å². The first-order valence-corrected chi connectivity index (χ1v) is 11.4. The van der Waals surface area contributed by atoms with Crippen LogP contribution in [0.15, 0.2) is 47.4 Å². The summed E-state index contributed by atoms with van der Waals surface area (Å²) in [4.78, 5) is 12.5. The number of hydrogen-bond acceptors (Lipinski definition) is 4. The van der Waals surface area contributed by atoms with Crippen LogP contribution < -0.4 is 10.1 Å². The Kier molecular flexibility index (Phi) is 7.16. The summed E-state index contributed by atoms with van der Waals surface area (Å²) in [6.45, 7) is 1.52. The maximum Gasteiger partial charge on any atom is 0.243 e. The smallest absolute Gasteiger partial charge is 0.243 e. The maximum absolute atomic E-state index is 12.8. The molecular weight excluding hydrogens is 412 g/mol. The highest BCUT2D eigenvalue weighted by Gasteiger charge is 2.27. The molecule has 1 amide bonds. The number of nitrogens with zero attached hydrogens (tertiary/aromatic N) is 1. The zero-order valence-electron chi connectivity index (χ0n) is 16.4. The Morgan fingerprint density at radius 2 is 1.83 bits per heavy atom. The second-order valence-electron chi connectivity index (χ2n) is 6.99. The van der Waals surface area contributed by atoms with Crippen LogP contribution in [0.4, 0.5) is 0 Å². The van der Waals surface area contributed by atoms with Gasteiger partial charge in [-0.1, -0.05) is 23.7 Å². The van der Waals surface area contributed by atoms with E-state index in [0.717, 1.165) is 18.4 Å². The van der Waals surface area contributed by atoms with Gasteiger partial charge in [0.05, 0.1) is 12.0 Å². The van der Waals surface area contributed by atoms with Crippen molar-refractivity contribution in [2.75, 3.05) is 20.2 Å². The summed E-state index contributed by atoms with van der Waals surface area (Å²) >= 11 is 5.86. The van der Waals surface area contributed by atoms with E-state index in [1.807, 2.05) is 12.1 Å². The molecule has 0 aromatic heterocycles. The van der Waals surface area contributed by atoms with Crippen LogP contribution in [-0.4, -0.2) is 38.8 Å². The number of halogens is 1. The number of ether oxygens (including phenoxy) is 1. The molecule has 2 aromatic carbocycles. The average molecular weight is 437 g/mol. The van der Waals surface area contributed by atoms with Crippen LogP contribution in [-0.2, 0) is 27.8 Å². The third kappa shape index (κ3) is 5.50. The second-order valence-corrected chi connectivity index (χ2v) is 9.36. The molecule has 1 heterocycles. The molecule has 0 aliphatic carbocycles. The summed E-state index contributed by atoms with van der Waals surface area (Å²) in [6, 6.07) is 12.1. The van der Waals surface area contributed by atoms with Crippen molar-refractivity contribution in [2.45, 2.75) is 37.1 Å². The predicted octanol–water partition coefficient (Wildman–Crippen LogP) is 3.38. The van der Waals surface area contributed by atoms with Gasteiger partial charge in [0, 0.05) is 31.1 Å². The number of benzene rings is 2. The molecule has 0 radical (unpaired) electrons. The molecule has 156 valence electrons. The minimum atomic E-state index is -3.51. The van der Waals surface area contributed by atoms with E-state index in [1.165, 1.54) is 11.4 Å². The fourth-order valence-corrected chi connectivity index (χ4v) is 5.02. The Hall–Kier alpha value is -2.09. The molecule has 1 fully saturated rings. The first-order valence-electron chi connectivity index (χ1n) is 9.58. The number of hydrogen-bond donors (Lipinski definition) is 1. The van der Waals surface area contributed by atoms with Gasteiger partial charge in [0.2, 0.25) is 15.9 Å². The molecule has 6 nitrogen and oxygen atoms in total. The SMILES string of the molecule is COc1ccc(S(=O)(=O)N2CCCC2)cc1CCC(=O)NCc1ccc(Cl)cc1. The van der Waals surface area contributed by atoms with Gasteiger partial charge < -0.3 is 10.1 Å². The molecule has 0 bridgehead atoms. The molecule has 8 heteroatoms. The zero-order chi connectivity index (χ0) is 20.9. The summed E-state index contributed by atoms with van der Waals surface area (Å²) in [5.41, 5.74) is 1.66. The summed E-state index contributed by atoms with van der Waals surface area (Å²) < 4.78 is 32.5. The summed E-state index contributed by atoms with van der Waals surface area (Å²) in [7, 11) is -1.97. The van der Waals surface area contributed by atoms with E-state index in [-0.39, 0.29) is 17.2 Å². The number of sulfonamides is 1. The number of carbonyl (C=O) groups excluding carboxylic acids is 1. The molecule has 0 unspecified atom stereocenters. The van der Waals surface area contributed by atoms with E-state index in [2.05, 4.69) is 5.32 Å². The summed E-state index contributed by atoms with van der Waals surface area (Å²) in [5.74, 6) is 0.464. The lowest BCUT2D eigenvalue weighted by atomic mass is 10.1. The largest absolute Gasteiger partial charge is 0.496 e. The van der Waals surface area contributed by atoms with Crippen molar-refractivity contribution in [1.29, 1.82) is 0 Å². The minimum Gasteiger partial charge on any atom is -0.496 e. The fraction of sp³-hybridized carbons (Fsp3) is 0.381. The molecule has 1 aliphatic heterocycles. The quantitative estimate of drug-likeness (QED) is 0.688. The number of aryl methyl sites for hydroxylation is 1. The molecule has 0 atom stereocenters. The average Bonchev–Trinajstić information content (AvgIpc) is 3.27. The summed E-state index contributed by atoms with van der Waals surface area (Å²) in [5, 5.41) is 3.52. The third-order valence-corrected chi connectivity index (χ3v) is 7.13. The van der Waals surface area contributed by atoms with Crippen LogP contribution in [0.3, 0.4) is 0 Å². The molecular formula is C21H25ClN2O4S. The highest BCUT2D eigenvalue weighted by molar-refractivity contribution is 7.89. The van der Waals surface area contributed by atoms with Gasteiger partial charge in [0.1, 0.15) is 5.75 Å². The van der Waals surface area contributed by atoms with E-state index < -0.39 is 10.0 Å². The van der Waals surface area contributed by atoms with Crippen molar-refractivity contribution >= 4 is 27.5 Å². The first-order chi connectivity index (χ1) is 13.9. The number of rotatable bonds is 8. The van der Waals surface area contributed by atoms with Crippen LogP contribution in [0.5, 0.6) is 5.75 Å². The lowest BCUT2D eigenvalue weighted by Gasteiger charge is -2.17. The van der Waals surface area contributed by atoms with Gasteiger partial charge in [-0.15, -0.1) is 0 Å². The number of amides is 1. The van der Waals surface area contributed by atoms with Crippen LogP contribution in [0.25, 0.3) is 0 Å². The molecule has 0 spiro atoms. The van der Waals surface area contributed by atoms with Crippen molar-refractivity contribution in [1.82, 2.24) is 9.62 Å². The van der Waals surface area contributed by atoms with E-state index in [4.69, 9.17) is 16.3 Å². The predicted molar refractivity (Wildman–Crippen MR) is 113 cm³/mol. The van der Waals surface area contributed by atoms with Crippen molar-refractivity contribution in [2.24, 2.45) is 0 Å². The van der Waals surface area contributed by atoms with Crippen LogP contribution in [0.1, 0.15) is 30.4 Å². The van der Waals surface area contributed by atoms with E-state index in [0.29, 0.717) is 42.4 Å². The van der Waals surface area contributed by atoms with Gasteiger partial charge in [-0.05, 0) is 60.7 Å². The Labute approximate surface area is 176 Å². The molecule has 2 aromatic rings. The van der Waals surface area contributed by atoms with E-state index in [1.54, 1.807) is 30.3 Å². The monoisotopic (exact) mass is 436 g/mol.